The van der Waals surface area contributed by atoms with Crippen LogP contribution in [0, 0.1) is 5.92 Å². The number of aliphatic carboxylic acids is 1. The summed E-state index contributed by atoms with van der Waals surface area (Å²) in [6.07, 6.45) is 0.592. The summed E-state index contributed by atoms with van der Waals surface area (Å²) in [5.74, 6) is -1.18. The lowest BCUT2D eigenvalue weighted by atomic mass is 10.1. The zero-order chi connectivity index (χ0) is 10.4. The first kappa shape index (κ1) is 11.9. The lowest BCUT2D eigenvalue weighted by Gasteiger charge is -2.11. The molecule has 1 fully saturated rings. The molecule has 1 atom stereocenters. The summed E-state index contributed by atoms with van der Waals surface area (Å²) >= 11 is 0. The van der Waals surface area contributed by atoms with Crippen LogP contribution in [-0.2, 0) is 9.59 Å². The second-order valence-electron chi connectivity index (χ2n) is 2.79. The van der Waals surface area contributed by atoms with Crippen LogP contribution in [0.3, 0.4) is 0 Å². The van der Waals surface area contributed by atoms with Crippen LogP contribution in [0.4, 0.5) is 0 Å². The molecular formula is C9H17NO3. The Labute approximate surface area is 78.5 Å². The number of hydrogen-bond donors (Lipinski definition) is 1. The highest BCUT2D eigenvalue weighted by molar-refractivity contribution is 5.76. The molecule has 13 heavy (non-hydrogen) atoms. The van der Waals surface area contributed by atoms with E-state index in [1.54, 1.807) is 4.90 Å². The van der Waals surface area contributed by atoms with Crippen LogP contribution in [0.1, 0.15) is 27.2 Å². The van der Waals surface area contributed by atoms with Gasteiger partial charge in [0.15, 0.2) is 0 Å². The van der Waals surface area contributed by atoms with Gasteiger partial charge in [-0.25, -0.2) is 0 Å². The number of nitrogens with zero attached hydrogens (tertiary/aromatic N) is 1. The fourth-order valence-corrected chi connectivity index (χ4v) is 1.25. The van der Waals surface area contributed by atoms with E-state index < -0.39 is 5.97 Å². The molecule has 0 bridgehead atoms. The Morgan fingerprint density at radius 2 is 1.92 bits per heavy atom. The Hall–Kier alpha value is -1.06. The summed E-state index contributed by atoms with van der Waals surface area (Å²) < 4.78 is 0. The molecular weight excluding hydrogens is 170 g/mol. The van der Waals surface area contributed by atoms with Crippen LogP contribution in [0.25, 0.3) is 0 Å². The van der Waals surface area contributed by atoms with Gasteiger partial charge in [-0.15, -0.1) is 0 Å². The maximum atomic E-state index is 10.7. The summed E-state index contributed by atoms with van der Waals surface area (Å²) in [5.41, 5.74) is 0. The van der Waals surface area contributed by atoms with Gasteiger partial charge in [0.2, 0.25) is 5.91 Å². The van der Waals surface area contributed by atoms with Crippen LogP contribution in [0.15, 0.2) is 0 Å². The Balaban J connectivity index is 0.000000671. The maximum absolute atomic E-state index is 10.7. The fraction of sp³-hybridized carbons (Fsp3) is 0.778. The molecule has 0 radical (unpaired) electrons. The van der Waals surface area contributed by atoms with E-state index in [0.29, 0.717) is 19.5 Å². The molecule has 1 N–H and O–H groups in total. The molecule has 0 saturated carbocycles. The first-order valence-corrected chi connectivity index (χ1v) is 4.59. The average Bonchev–Trinajstić information content (AvgIpc) is 2.56. The number of carbonyl (C=O) groups is 2. The predicted octanol–water partition coefficient (Wildman–Crippen LogP) is 0.966. The minimum atomic E-state index is -0.797. The second-order valence-corrected chi connectivity index (χ2v) is 2.79. The van der Waals surface area contributed by atoms with Gasteiger partial charge in [-0.2, -0.15) is 0 Å². The fourth-order valence-electron chi connectivity index (χ4n) is 1.25. The zero-order valence-corrected chi connectivity index (χ0v) is 8.41. The summed E-state index contributed by atoms with van der Waals surface area (Å²) in [5, 5.41) is 8.57. The third-order valence-electron chi connectivity index (χ3n) is 1.98. The van der Waals surface area contributed by atoms with Gasteiger partial charge in [-0.3, -0.25) is 9.59 Å². The maximum Gasteiger partial charge on any atom is 0.308 e. The van der Waals surface area contributed by atoms with Gasteiger partial charge in [0.05, 0.1) is 5.92 Å². The van der Waals surface area contributed by atoms with Crippen molar-refractivity contribution in [3.05, 3.63) is 0 Å². The van der Waals surface area contributed by atoms with Crippen molar-refractivity contribution >= 4 is 11.9 Å². The second kappa shape index (κ2) is 5.56. The van der Waals surface area contributed by atoms with E-state index in [1.165, 1.54) is 6.92 Å². The highest BCUT2D eigenvalue weighted by atomic mass is 16.4. The molecule has 4 nitrogen and oxygen atoms in total. The normalized spacial score (nSPS) is 20.5. The third kappa shape index (κ3) is 3.44. The van der Waals surface area contributed by atoms with Crippen molar-refractivity contribution < 1.29 is 14.7 Å². The summed E-state index contributed by atoms with van der Waals surface area (Å²) in [6, 6.07) is 0. The summed E-state index contributed by atoms with van der Waals surface area (Å²) in [7, 11) is 0. The molecule has 0 unspecified atom stereocenters. The molecule has 1 heterocycles. The van der Waals surface area contributed by atoms with Crippen LogP contribution in [-0.4, -0.2) is 35.0 Å². The van der Waals surface area contributed by atoms with Crippen LogP contribution in [0.5, 0.6) is 0 Å². The largest absolute Gasteiger partial charge is 0.481 e. The Morgan fingerprint density at radius 3 is 2.15 bits per heavy atom. The molecule has 0 aromatic heterocycles. The molecule has 4 heteroatoms. The molecule has 1 saturated heterocycles. The Morgan fingerprint density at radius 1 is 1.38 bits per heavy atom. The minimum Gasteiger partial charge on any atom is -0.481 e. The molecule has 1 rings (SSSR count). The zero-order valence-electron chi connectivity index (χ0n) is 8.41. The molecule has 1 amide bonds. The van der Waals surface area contributed by atoms with Crippen LogP contribution in [0.2, 0.25) is 0 Å². The molecule has 0 aromatic rings. The van der Waals surface area contributed by atoms with E-state index in [9.17, 15) is 9.59 Å². The quantitative estimate of drug-likeness (QED) is 0.665. The van der Waals surface area contributed by atoms with E-state index >= 15 is 0 Å². The molecule has 1 aliphatic rings. The van der Waals surface area contributed by atoms with E-state index in [1.807, 2.05) is 13.8 Å². The molecule has 0 aliphatic carbocycles. The van der Waals surface area contributed by atoms with E-state index in [2.05, 4.69) is 0 Å². The van der Waals surface area contributed by atoms with E-state index in [0.717, 1.165) is 0 Å². The number of likely N-dealkylation sites (tertiary alicyclic amines) is 1. The number of hydrogen-bond acceptors (Lipinski definition) is 2. The molecule has 0 spiro atoms. The van der Waals surface area contributed by atoms with Crippen molar-refractivity contribution in [2.45, 2.75) is 27.2 Å². The highest BCUT2D eigenvalue weighted by Crippen LogP contribution is 2.15. The van der Waals surface area contributed by atoms with Gasteiger partial charge in [0, 0.05) is 20.0 Å². The lowest BCUT2D eigenvalue weighted by Crippen LogP contribution is -2.27. The van der Waals surface area contributed by atoms with Gasteiger partial charge in [-0.1, -0.05) is 13.8 Å². The summed E-state index contributed by atoms with van der Waals surface area (Å²) in [6.45, 7) is 6.43. The number of amides is 1. The van der Waals surface area contributed by atoms with Gasteiger partial charge < -0.3 is 10.0 Å². The van der Waals surface area contributed by atoms with Crippen molar-refractivity contribution in [1.29, 1.82) is 0 Å². The van der Waals surface area contributed by atoms with Crippen molar-refractivity contribution in [1.82, 2.24) is 4.90 Å². The van der Waals surface area contributed by atoms with Crippen LogP contribution >= 0.6 is 0 Å². The average molecular weight is 187 g/mol. The monoisotopic (exact) mass is 187 g/mol. The number of carboxylic acid groups (broad SMARTS) is 1. The highest BCUT2D eigenvalue weighted by Gasteiger charge is 2.28. The first-order chi connectivity index (χ1) is 6.11. The topological polar surface area (TPSA) is 57.6 Å². The van der Waals surface area contributed by atoms with Crippen molar-refractivity contribution in [2.75, 3.05) is 13.1 Å². The Bertz CT molecular complexity index is 171. The van der Waals surface area contributed by atoms with E-state index in [4.69, 9.17) is 5.11 Å². The number of rotatable bonds is 1. The van der Waals surface area contributed by atoms with Crippen LogP contribution < -0.4 is 0 Å². The predicted molar refractivity (Wildman–Crippen MR) is 49.3 cm³/mol. The first-order valence-electron chi connectivity index (χ1n) is 4.59. The minimum absolute atomic E-state index is 0.0336. The van der Waals surface area contributed by atoms with Crippen molar-refractivity contribution in [3.63, 3.8) is 0 Å². The lowest BCUT2D eigenvalue weighted by molar-refractivity contribution is -0.141. The SMILES string of the molecule is CC.CC(=O)N1CC[C@H](C(=O)O)C1. The Kier molecular flexibility index (Phi) is 5.11. The smallest absolute Gasteiger partial charge is 0.308 e. The van der Waals surface area contributed by atoms with E-state index in [-0.39, 0.29) is 11.8 Å². The van der Waals surface area contributed by atoms with Gasteiger partial charge in [0.1, 0.15) is 0 Å². The molecule has 0 aromatic carbocycles. The van der Waals surface area contributed by atoms with Gasteiger partial charge >= 0.3 is 5.97 Å². The standard InChI is InChI=1S/C7H11NO3.C2H6/c1-5(9)8-3-2-6(4-8)7(10)11;1-2/h6H,2-4H2,1H3,(H,10,11);1-2H3/t6-;/m0./s1. The van der Waals surface area contributed by atoms with Crippen molar-refractivity contribution in [3.8, 4) is 0 Å². The number of carbonyl (C=O) groups excluding carboxylic acids is 1. The van der Waals surface area contributed by atoms with Gasteiger partial charge in [0.25, 0.3) is 0 Å². The van der Waals surface area contributed by atoms with Gasteiger partial charge in [-0.05, 0) is 6.42 Å². The number of carboxylic acids is 1. The third-order valence-corrected chi connectivity index (χ3v) is 1.98. The molecule has 1 aliphatic heterocycles. The molecule has 76 valence electrons. The summed E-state index contributed by atoms with van der Waals surface area (Å²) in [4.78, 5) is 22.7. The van der Waals surface area contributed by atoms with Crippen molar-refractivity contribution in [2.24, 2.45) is 5.92 Å².